The van der Waals surface area contributed by atoms with E-state index in [1.807, 2.05) is 24.3 Å². The molecule has 0 N–H and O–H groups in total. The summed E-state index contributed by atoms with van der Waals surface area (Å²) in [6, 6.07) is 14.4. The van der Waals surface area contributed by atoms with Gasteiger partial charge in [0.05, 0.1) is 0 Å². The van der Waals surface area contributed by atoms with E-state index in [9.17, 15) is 0 Å². The van der Waals surface area contributed by atoms with Crippen molar-refractivity contribution in [3.05, 3.63) is 42.5 Å². The van der Waals surface area contributed by atoms with Crippen molar-refractivity contribution in [3.63, 3.8) is 0 Å². The van der Waals surface area contributed by atoms with E-state index in [1.54, 1.807) is 0 Å². The molecule has 0 saturated heterocycles. The topological polar surface area (TPSA) is 9.23 Å². The van der Waals surface area contributed by atoms with Crippen LogP contribution in [-0.2, 0) is 0 Å². The number of fused-ring (bicyclic) bond motifs is 1. The van der Waals surface area contributed by atoms with E-state index in [0.29, 0.717) is 11.4 Å². The van der Waals surface area contributed by atoms with Crippen LogP contribution in [-0.4, -0.2) is 11.4 Å². The largest absolute Gasteiger partial charge is 0.492 e. The summed E-state index contributed by atoms with van der Waals surface area (Å²) >= 11 is 3.47. The van der Waals surface area contributed by atoms with Crippen LogP contribution in [0.15, 0.2) is 42.5 Å². The molecule has 2 heteroatoms. The molecule has 2 aromatic rings. The van der Waals surface area contributed by atoms with Gasteiger partial charge < -0.3 is 4.74 Å². The Morgan fingerprint density at radius 1 is 1.13 bits per heavy atom. The molecule has 0 aromatic heterocycles. The lowest BCUT2D eigenvalue weighted by molar-refractivity contribution is 0.328. The fourth-order valence-corrected chi connectivity index (χ4v) is 1.66. The second-order valence-electron chi connectivity index (χ2n) is 3.57. The SMILES string of the molecule is CC(Br)COc1cccc2ccccc12. The number of halogens is 1. The van der Waals surface area contributed by atoms with E-state index in [4.69, 9.17) is 4.74 Å². The monoisotopic (exact) mass is 264 g/mol. The molecule has 0 saturated carbocycles. The molecule has 0 aliphatic carbocycles. The molecular weight excluding hydrogens is 252 g/mol. The van der Waals surface area contributed by atoms with Crippen LogP contribution in [0, 0.1) is 0 Å². The lowest BCUT2D eigenvalue weighted by Gasteiger charge is -2.10. The van der Waals surface area contributed by atoms with Gasteiger partial charge in [0.1, 0.15) is 12.4 Å². The summed E-state index contributed by atoms with van der Waals surface area (Å²) in [5.41, 5.74) is 0. The molecule has 0 spiro atoms. The van der Waals surface area contributed by atoms with Crippen LogP contribution >= 0.6 is 15.9 Å². The van der Waals surface area contributed by atoms with Gasteiger partial charge >= 0.3 is 0 Å². The van der Waals surface area contributed by atoms with Gasteiger partial charge in [0.25, 0.3) is 0 Å². The molecule has 78 valence electrons. The number of hydrogen-bond donors (Lipinski definition) is 0. The number of hydrogen-bond acceptors (Lipinski definition) is 1. The van der Waals surface area contributed by atoms with E-state index in [-0.39, 0.29) is 0 Å². The third kappa shape index (κ3) is 2.51. The van der Waals surface area contributed by atoms with Crippen molar-refractivity contribution in [2.75, 3.05) is 6.61 Å². The molecule has 0 amide bonds. The zero-order chi connectivity index (χ0) is 10.7. The Morgan fingerprint density at radius 3 is 2.67 bits per heavy atom. The van der Waals surface area contributed by atoms with E-state index in [1.165, 1.54) is 10.8 Å². The fraction of sp³-hybridized carbons (Fsp3) is 0.231. The summed E-state index contributed by atoms with van der Waals surface area (Å²) in [6.07, 6.45) is 0. The summed E-state index contributed by atoms with van der Waals surface area (Å²) < 4.78 is 5.73. The van der Waals surface area contributed by atoms with Crippen molar-refractivity contribution in [2.45, 2.75) is 11.8 Å². The molecule has 1 nitrogen and oxygen atoms in total. The first kappa shape index (κ1) is 10.5. The van der Waals surface area contributed by atoms with Crippen molar-refractivity contribution in [2.24, 2.45) is 0 Å². The Morgan fingerprint density at radius 2 is 1.87 bits per heavy atom. The minimum Gasteiger partial charge on any atom is -0.492 e. The van der Waals surface area contributed by atoms with Crippen LogP contribution in [0.2, 0.25) is 0 Å². The molecular formula is C13H13BrO. The third-order valence-corrected chi connectivity index (χ3v) is 2.48. The second-order valence-corrected chi connectivity index (χ2v) is 5.13. The molecule has 0 aliphatic heterocycles. The summed E-state index contributed by atoms with van der Waals surface area (Å²) in [5, 5.41) is 2.39. The van der Waals surface area contributed by atoms with Crippen LogP contribution < -0.4 is 4.74 Å². The van der Waals surface area contributed by atoms with Gasteiger partial charge in [0.15, 0.2) is 0 Å². The van der Waals surface area contributed by atoms with Crippen molar-refractivity contribution in [1.29, 1.82) is 0 Å². The number of rotatable bonds is 3. The Balaban J connectivity index is 2.34. The van der Waals surface area contributed by atoms with Crippen molar-refractivity contribution in [3.8, 4) is 5.75 Å². The maximum Gasteiger partial charge on any atom is 0.127 e. The van der Waals surface area contributed by atoms with Gasteiger partial charge in [-0.3, -0.25) is 0 Å². The Bertz CT molecular complexity index is 446. The van der Waals surface area contributed by atoms with Crippen LogP contribution in [0.5, 0.6) is 5.75 Å². The lowest BCUT2D eigenvalue weighted by Crippen LogP contribution is -2.06. The maximum absolute atomic E-state index is 5.73. The summed E-state index contributed by atoms with van der Waals surface area (Å²) in [7, 11) is 0. The summed E-state index contributed by atoms with van der Waals surface area (Å²) in [6.45, 7) is 2.76. The van der Waals surface area contributed by atoms with Gasteiger partial charge in [-0.15, -0.1) is 0 Å². The molecule has 0 fully saturated rings. The first-order valence-corrected chi connectivity index (χ1v) is 5.93. The highest BCUT2D eigenvalue weighted by Gasteiger charge is 2.02. The van der Waals surface area contributed by atoms with Crippen molar-refractivity contribution < 1.29 is 4.74 Å². The molecule has 2 rings (SSSR count). The quantitative estimate of drug-likeness (QED) is 0.762. The zero-order valence-corrected chi connectivity index (χ0v) is 10.2. The molecule has 2 aromatic carbocycles. The molecule has 0 aliphatic rings. The highest BCUT2D eigenvalue weighted by Crippen LogP contribution is 2.25. The Hall–Kier alpha value is -1.02. The summed E-state index contributed by atoms with van der Waals surface area (Å²) in [5.74, 6) is 0.958. The Kier molecular flexibility index (Phi) is 3.27. The van der Waals surface area contributed by atoms with Gasteiger partial charge in [0.2, 0.25) is 0 Å². The minimum absolute atomic E-state index is 0.372. The van der Waals surface area contributed by atoms with E-state index in [2.05, 4.69) is 41.1 Å². The van der Waals surface area contributed by atoms with E-state index >= 15 is 0 Å². The standard InChI is InChI=1S/C13H13BrO/c1-10(14)9-15-13-8-4-6-11-5-2-3-7-12(11)13/h2-8,10H,9H2,1H3. The predicted molar refractivity (Wildman–Crippen MR) is 67.8 cm³/mol. The molecule has 0 radical (unpaired) electrons. The third-order valence-electron chi connectivity index (χ3n) is 2.22. The second kappa shape index (κ2) is 4.67. The van der Waals surface area contributed by atoms with Gasteiger partial charge in [-0.05, 0) is 18.4 Å². The molecule has 0 heterocycles. The first-order chi connectivity index (χ1) is 7.27. The maximum atomic E-state index is 5.73. The average Bonchev–Trinajstić information content (AvgIpc) is 2.26. The van der Waals surface area contributed by atoms with Crippen molar-refractivity contribution >= 4 is 26.7 Å². The minimum atomic E-state index is 0.372. The number of alkyl halides is 1. The molecule has 1 atom stereocenters. The van der Waals surface area contributed by atoms with Gasteiger partial charge in [-0.25, -0.2) is 0 Å². The normalized spacial score (nSPS) is 12.7. The van der Waals surface area contributed by atoms with E-state index in [0.717, 1.165) is 5.75 Å². The fourth-order valence-electron chi connectivity index (χ4n) is 1.53. The number of benzene rings is 2. The van der Waals surface area contributed by atoms with Crippen LogP contribution in [0.1, 0.15) is 6.92 Å². The highest BCUT2D eigenvalue weighted by molar-refractivity contribution is 9.09. The number of ether oxygens (including phenoxy) is 1. The van der Waals surface area contributed by atoms with Crippen LogP contribution in [0.25, 0.3) is 10.8 Å². The lowest BCUT2D eigenvalue weighted by atomic mass is 10.1. The first-order valence-electron chi connectivity index (χ1n) is 5.02. The van der Waals surface area contributed by atoms with Gasteiger partial charge in [-0.1, -0.05) is 52.3 Å². The summed E-state index contributed by atoms with van der Waals surface area (Å²) in [4.78, 5) is 0.372. The highest BCUT2D eigenvalue weighted by atomic mass is 79.9. The predicted octanol–water partition coefficient (Wildman–Crippen LogP) is 4.00. The zero-order valence-electron chi connectivity index (χ0n) is 8.61. The van der Waals surface area contributed by atoms with Crippen LogP contribution in [0.4, 0.5) is 0 Å². The average molecular weight is 265 g/mol. The molecule has 15 heavy (non-hydrogen) atoms. The molecule has 1 unspecified atom stereocenters. The Labute approximate surface area is 98.2 Å². The van der Waals surface area contributed by atoms with Gasteiger partial charge in [0, 0.05) is 10.2 Å². The van der Waals surface area contributed by atoms with E-state index < -0.39 is 0 Å². The molecule has 0 bridgehead atoms. The van der Waals surface area contributed by atoms with Gasteiger partial charge in [-0.2, -0.15) is 0 Å². The van der Waals surface area contributed by atoms with Crippen molar-refractivity contribution in [1.82, 2.24) is 0 Å². The smallest absolute Gasteiger partial charge is 0.127 e. The van der Waals surface area contributed by atoms with Crippen LogP contribution in [0.3, 0.4) is 0 Å².